The van der Waals surface area contributed by atoms with E-state index in [0.29, 0.717) is 0 Å². The molecule has 2 rings (SSSR count). The molecule has 1 aliphatic carbocycles. The smallest absolute Gasteiger partial charge is 0.261 e. The highest BCUT2D eigenvalue weighted by molar-refractivity contribution is 9.09. The van der Waals surface area contributed by atoms with Crippen molar-refractivity contribution in [1.82, 2.24) is 5.32 Å². The largest absolute Gasteiger partial charge is 0.345 e. The Morgan fingerprint density at radius 2 is 2.46 bits per heavy atom. The van der Waals surface area contributed by atoms with Gasteiger partial charge in [0, 0.05) is 5.33 Å². The van der Waals surface area contributed by atoms with Crippen molar-refractivity contribution in [3.63, 3.8) is 0 Å². The van der Waals surface area contributed by atoms with Gasteiger partial charge in [0.25, 0.3) is 5.91 Å². The van der Waals surface area contributed by atoms with Gasteiger partial charge in [-0.15, -0.1) is 11.3 Å². The van der Waals surface area contributed by atoms with Crippen molar-refractivity contribution in [1.29, 1.82) is 0 Å². The molecular weight excluding hydrogens is 250 g/mol. The summed E-state index contributed by atoms with van der Waals surface area (Å²) in [6.07, 6.45) is 2.19. The van der Waals surface area contributed by atoms with Crippen LogP contribution in [-0.2, 0) is 0 Å². The van der Waals surface area contributed by atoms with Crippen molar-refractivity contribution in [2.75, 3.05) is 5.33 Å². The Morgan fingerprint density at radius 3 is 2.92 bits per heavy atom. The molecule has 0 bridgehead atoms. The van der Waals surface area contributed by atoms with Crippen molar-refractivity contribution >= 4 is 33.2 Å². The van der Waals surface area contributed by atoms with Gasteiger partial charge in [0.05, 0.1) is 10.4 Å². The van der Waals surface area contributed by atoms with Crippen molar-refractivity contribution in [3.8, 4) is 0 Å². The molecule has 1 aromatic rings. The number of hydrogen-bond donors (Lipinski definition) is 1. The Kier molecular flexibility index (Phi) is 2.43. The Hall–Kier alpha value is -0.350. The molecule has 4 heteroatoms. The maximum Gasteiger partial charge on any atom is 0.261 e. The lowest BCUT2D eigenvalue weighted by Gasteiger charge is -2.12. The molecule has 1 aromatic heterocycles. The van der Waals surface area contributed by atoms with E-state index in [4.69, 9.17) is 0 Å². The second-order valence-electron chi connectivity index (χ2n) is 3.35. The van der Waals surface area contributed by atoms with Crippen LogP contribution in [0.15, 0.2) is 17.5 Å². The molecule has 1 amide bonds. The predicted molar refractivity (Wildman–Crippen MR) is 57.5 cm³/mol. The van der Waals surface area contributed by atoms with Gasteiger partial charge in [0.15, 0.2) is 0 Å². The van der Waals surface area contributed by atoms with Crippen LogP contribution in [0.3, 0.4) is 0 Å². The first-order valence-corrected chi connectivity index (χ1v) is 6.18. The van der Waals surface area contributed by atoms with Crippen LogP contribution in [-0.4, -0.2) is 16.8 Å². The average molecular weight is 260 g/mol. The van der Waals surface area contributed by atoms with E-state index >= 15 is 0 Å². The van der Waals surface area contributed by atoms with Gasteiger partial charge < -0.3 is 5.32 Å². The first kappa shape index (κ1) is 9.21. The molecule has 0 unspecified atom stereocenters. The normalized spacial score (nSPS) is 18.2. The van der Waals surface area contributed by atoms with E-state index in [9.17, 15) is 4.79 Å². The maximum atomic E-state index is 11.6. The lowest BCUT2D eigenvalue weighted by Crippen LogP contribution is -2.37. The summed E-state index contributed by atoms with van der Waals surface area (Å²) in [7, 11) is 0. The number of carbonyl (C=O) groups is 1. The highest BCUT2D eigenvalue weighted by Gasteiger charge is 2.43. The minimum atomic E-state index is 0.0566. The second kappa shape index (κ2) is 3.42. The molecule has 1 aliphatic rings. The van der Waals surface area contributed by atoms with E-state index in [1.165, 1.54) is 11.3 Å². The Bertz CT molecular complexity index is 305. The first-order chi connectivity index (χ1) is 6.26. The van der Waals surface area contributed by atoms with E-state index in [1.54, 1.807) is 0 Å². The molecule has 2 nitrogen and oxygen atoms in total. The zero-order valence-corrected chi connectivity index (χ0v) is 9.45. The molecule has 1 fully saturated rings. The lowest BCUT2D eigenvalue weighted by atomic mass is 10.3. The van der Waals surface area contributed by atoms with Crippen LogP contribution in [0.5, 0.6) is 0 Å². The molecule has 13 heavy (non-hydrogen) atoms. The third kappa shape index (κ3) is 1.94. The van der Waals surface area contributed by atoms with Crippen molar-refractivity contribution < 1.29 is 4.79 Å². The average Bonchev–Trinajstić information content (AvgIpc) is 2.69. The zero-order chi connectivity index (χ0) is 9.31. The first-order valence-electron chi connectivity index (χ1n) is 4.18. The summed E-state index contributed by atoms with van der Waals surface area (Å²) in [5.41, 5.74) is 0.0566. The van der Waals surface area contributed by atoms with E-state index in [2.05, 4.69) is 21.2 Å². The summed E-state index contributed by atoms with van der Waals surface area (Å²) >= 11 is 4.90. The monoisotopic (exact) mass is 259 g/mol. The van der Waals surface area contributed by atoms with Crippen molar-refractivity contribution in [2.45, 2.75) is 18.4 Å². The fourth-order valence-corrected chi connectivity index (χ4v) is 2.47. The number of amides is 1. The number of carbonyl (C=O) groups excluding carboxylic acids is 1. The predicted octanol–water partition coefficient (Wildman–Crippen LogP) is 2.41. The molecule has 1 saturated carbocycles. The van der Waals surface area contributed by atoms with E-state index < -0.39 is 0 Å². The third-order valence-corrected chi connectivity index (χ3v) is 4.18. The summed E-state index contributed by atoms with van der Waals surface area (Å²) in [5, 5.41) is 5.82. The molecule has 1 heterocycles. The van der Waals surface area contributed by atoms with Gasteiger partial charge in [0.1, 0.15) is 0 Å². The SMILES string of the molecule is O=C(NC1(CBr)CC1)c1cccs1. The number of hydrogen-bond acceptors (Lipinski definition) is 2. The molecule has 0 spiro atoms. The number of rotatable bonds is 3. The quantitative estimate of drug-likeness (QED) is 0.831. The van der Waals surface area contributed by atoms with Gasteiger partial charge in [-0.2, -0.15) is 0 Å². The van der Waals surface area contributed by atoms with Crippen LogP contribution in [0.4, 0.5) is 0 Å². The molecule has 0 saturated heterocycles. The number of nitrogens with one attached hydrogen (secondary N) is 1. The zero-order valence-electron chi connectivity index (χ0n) is 7.05. The lowest BCUT2D eigenvalue weighted by molar-refractivity contribution is 0.0940. The number of halogens is 1. The molecule has 0 aliphatic heterocycles. The Labute approximate surface area is 89.5 Å². The summed E-state index contributed by atoms with van der Waals surface area (Å²) in [6.45, 7) is 0. The topological polar surface area (TPSA) is 29.1 Å². The Morgan fingerprint density at radius 1 is 1.69 bits per heavy atom. The third-order valence-electron chi connectivity index (χ3n) is 2.23. The van der Waals surface area contributed by atoms with Crippen LogP contribution < -0.4 is 5.32 Å². The van der Waals surface area contributed by atoms with Crippen LogP contribution in [0.2, 0.25) is 0 Å². The summed E-state index contributed by atoms with van der Waals surface area (Å²) in [4.78, 5) is 12.4. The molecule has 70 valence electrons. The van der Waals surface area contributed by atoms with Gasteiger partial charge >= 0.3 is 0 Å². The minimum absolute atomic E-state index is 0.0566. The molecular formula is C9H10BrNOS. The van der Waals surface area contributed by atoms with Crippen LogP contribution in [0, 0.1) is 0 Å². The van der Waals surface area contributed by atoms with Gasteiger partial charge in [-0.3, -0.25) is 4.79 Å². The van der Waals surface area contributed by atoms with Crippen LogP contribution >= 0.6 is 27.3 Å². The molecule has 0 aromatic carbocycles. The van der Waals surface area contributed by atoms with Gasteiger partial charge in [0.2, 0.25) is 0 Å². The number of thiophene rings is 1. The second-order valence-corrected chi connectivity index (χ2v) is 4.85. The van der Waals surface area contributed by atoms with Gasteiger partial charge in [-0.1, -0.05) is 22.0 Å². The van der Waals surface area contributed by atoms with E-state index in [-0.39, 0.29) is 11.4 Å². The van der Waals surface area contributed by atoms with E-state index in [0.717, 1.165) is 23.0 Å². The summed E-state index contributed by atoms with van der Waals surface area (Å²) in [5.74, 6) is 0.0620. The highest BCUT2D eigenvalue weighted by atomic mass is 79.9. The molecule has 1 N–H and O–H groups in total. The summed E-state index contributed by atoms with van der Waals surface area (Å²) in [6, 6.07) is 3.75. The van der Waals surface area contributed by atoms with Crippen LogP contribution in [0.1, 0.15) is 22.5 Å². The number of alkyl halides is 1. The van der Waals surface area contributed by atoms with Crippen LogP contribution in [0.25, 0.3) is 0 Å². The maximum absolute atomic E-state index is 11.6. The molecule has 0 atom stereocenters. The van der Waals surface area contributed by atoms with Gasteiger partial charge in [-0.05, 0) is 24.3 Å². The van der Waals surface area contributed by atoms with Gasteiger partial charge in [-0.25, -0.2) is 0 Å². The standard InChI is InChI=1S/C9H10BrNOS/c10-6-9(3-4-9)11-8(12)7-2-1-5-13-7/h1-2,5H,3-4,6H2,(H,11,12). The fourth-order valence-electron chi connectivity index (χ4n) is 1.15. The van der Waals surface area contributed by atoms with Crippen molar-refractivity contribution in [3.05, 3.63) is 22.4 Å². The van der Waals surface area contributed by atoms with Crippen molar-refractivity contribution in [2.24, 2.45) is 0 Å². The van der Waals surface area contributed by atoms with E-state index in [1.807, 2.05) is 17.5 Å². The fraction of sp³-hybridized carbons (Fsp3) is 0.444. The molecule has 0 radical (unpaired) electrons. The highest BCUT2D eigenvalue weighted by Crippen LogP contribution is 2.37. The summed E-state index contributed by atoms with van der Waals surface area (Å²) < 4.78 is 0. The Balaban J connectivity index is 2.00. The minimum Gasteiger partial charge on any atom is -0.345 e.